The minimum Gasteiger partial charge on any atom is -0.495 e. The third-order valence-electron chi connectivity index (χ3n) is 2.43. The molecule has 1 aromatic carbocycles. The summed E-state index contributed by atoms with van der Waals surface area (Å²) in [5.74, 6) is 0.869. The average Bonchev–Trinajstić information content (AvgIpc) is 2.43. The molecule has 0 saturated carbocycles. The summed E-state index contributed by atoms with van der Waals surface area (Å²) < 4.78 is 6.49. The average molecular weight is 227 g/mol. The molecule has 14 heavy (non-hydrogen) atoms. The molecule has 0 amide bonds. The lowest BCUT2D eigenvalue weighted by atomic mass is 10.1. The van der Waals surface area contributed by atoms with Gasteiger partial charge in [0.25, 0.3) is 0 Å². The summed E-state index contributed by atoms with van der Waals surface area (Å²) in [5.41, 5.74) is 1.30. The molecular formula is C11H11ClOS. The summed E-state index contributed by atoms with van der Waals surface area (Å²) in [6.07, 6.45) is 0. The third kappa shape index (κ3) is 1.39. The molecule has 0 bridgehead atoms. The number of thiophene rings is 1. The summed E-state index contributed by atoms with van der Waals surface area (Å²) in [4.78, 5) is 1.32. The van der Waals surface area contributed by atoms with Gasteiger partial charge in [-0.15, -0.1) is 11.3 Å². The summed E-state index contributed by atoms with van der Waals surface area (Å²) in [7, 11) is 1.68. The number of benzene rings is 1. The first-order valence-electron chi connectivity index (χ1n) is 4.36. The zero-order chi connectivity index (χ0) is 10.3. The Balaban J connectivity index is 2.87. The largest absolute Gasteiger partial charge is 0.495 e. The molecular weight excluding hydrogens is 216 g/mol. The number of halogens is 1. The van der Waals surface area contributed by atoms with Crippen LogP contribution in [0.15, 0.2) is 12.1 Å². The first-order chi connectivity index (χ1) is 6.63. The highest BCUT2D eigenvalue weighted by Crippen LogP contribution is 2.38. The van der Waals surface area contributed by atoms with E-state index in [1.165, 1.54) is 20.5 Å². The Labute approximate surface area is 92.3 Å². The number of aryl methyl sites for hydroxylation is 2. The molecule has 74 valence electrons. The van der Waals surface area contributed by atoms with Gasteiger partial charge in [0.1, 0.15) is 5.75 Å². The maximum absolute atomic E-state index is 6.01. The molecule has 2 rings (SSSR count). The predicted octanol–water partition coefficient (Wildman–Crippen LogP) is 4.18. The van der Waals surface area contributed by atoms with Gasteiger partial charge in [0, 0.05) is 21.4 Å². The van der Waals surface area contributed by atoms with E-state index in [0.717, 1.165) is 10.8 Å². The van der Waals surface area contributed by atoms with E-state index in [-0.39, 0.29) is 0 Å². The molecule has 0 fully saturated rings. The summed E-state index contributed by atoms with van der Waals surface area (Å²) in [6, 6.07) is 3.86. The number of fused-ring (bicyclic) bond motifs is 1. The van der Waals surface area contributed by atoms with Crippen LogP contribution in [0.25, 0.3) is 10.1 Å². The molecule has 3 heteroatoms. The highest BCUT2D eigenvalue weighted by Gasteiger charge is 2.10. The summed E-state index contributed by atoms with van der Waals surface area (Å²) in [5, 5.41) is 1.94. The van der Waals surface area contributed by atoms with E-state index in [0.29, 0.717) is 0 Å². The molecule has 0 unspecified atom stereocenters. The van der Waals surface area contributed by atoms with Crippen LogP contribution in [0.3, 0.4) is 0 Å². The normalized spacial score (nSPS) is 10.9. The molecule has 0 radical (unpaired) electrons. The van der Waals surface area contributed by atoms with Gasteiger partial charge in [0.15, 0.2) is 0 Å². The summed E-state index contributed by atoms with van der Waals surface area (Å²) >= 11 is 7.76. The zero-order valence-corrected chi connectivity index (χ0v) is 9.92. The third-order valence-corrected chi connectivity index (χ3v) is 3.88. The van der Waals surface area contributed by atoms with Gasteiger partial charge in [-0.1, -0.05) is 11.6 Å². The van der Waals surface area contributed by atoms with Crippen molar-refractivity contribution >= 4 is 33.0 Å². The molecule has 0 aliphatic rings. The maximum atomic E-state index is 6.01. The summed E-state index contributed by atoms with van der Waals surface area (Å²) in [6.45, 7) is 4.23. The number of methoxy groups -OCH3 is 1. The van der Waals surface area contributed by atoms with Crippen molar-refractivity contribution in [3.63, 3.8) is 0 Å². The Hall–Kier alpha value is -0.730. The highest BCUT2D eigenvalue weighted by molar-refractivity contribution is 7.19. The Morgan fingerprint density at radius 2 is 2.00 bits per heavy atom. The van der Waals surface area contributed by atoms with Gasteiger partial charge in [-0.3, -0.25) is 0 Å². The van der Waals surface area contributed by atoms with Crippen LogP contribution in [0, 0.1) is 13.8 Å². The van der Waals surface area contributed by atoms with Crippen LogP contribution in [0.1, 0.15) is 10.4 Å². The van der Waals surface area contributed by atoms with Crippen molar-refractivity contribution in [1.29, 1.82) is 0 Å². The van der Waals surface area contributed by atoms with E-state index in [9.17, 15) is 0 Å². The van der Waals surface area contributed by atoms with Crippen LogP contribution in [0.2, 0.25) is 5.02 Å². The van der Waals surface area contributed by atoms with E-state index < -0.39 is 0 Å². The van der Waals surface area contributed by atoms with Crippen molar-refractivity contribution in [3.05, 3.63) is 27.6 Å². The SMILES string of the molecule is COc1cc(Cl)cc2c(C)c(C)sc12. The minimum absolute atomic E-state index is 0.732. The molecule has 0 atom stereocenters. The number of ether oxygens (including phenoxy) is 1. The van der Waals surface area contributed by atoms with Crippen molar-refractivity contribution in [2.24, 2.45) is 0 Å². The Kier molecular flexibility index (Phi) is 2.41. The Morgan fingerprint density at radius 3 is 2.64 bits per heavy atom. The van der Waals surface area contributed by atoms with Crippen LogP contribution in [0.4, 0.5) is 0 Å². The van der Waals surface area contributed by atoms with E-state index in [4.69, 9.17) is 16.3 Å². The number of rotatable bonds is 1. The van der Waals surface area contributed by atoms with Crippen LogP contribution in [-0.4, -0.2) is 7.11 Å². The van der Waals surface area contributed by atoms with Crippen molar-refractivity contribution in [2.45, 2.75) is 13.8 Å². The molecule has 1 nitrogen and oxygen atoms in total. The molecule has 0 N–H and O–H groups in total. The van der Waals surface area contributed by atoms with Crippen LogP contribution in [-0.2, 0) is 0 Å². The van der Waals surface area contributed by atoms with Crippen molar-refractivity contribution in [3.8, 4) is 5.75 Å². The number of hydrogen-bond acceptors (Lipinski definition) is 2. The quantitative estimate of drug-likeness (QED) is 0.709. The van der Waals surface area contributed by atoms with Crippen LogP contribution in [0.5, 0.6) is 5.75 Å². The smallest absolute Gasteiger partial charge is 0.138 e. The van der Waals surface area contributed by atoms with E-state index in [1.54, 1.807) is 18.4 Å². The lowest BCUT2D eigenvalue weighted by Crippen LogP contribution is -1.82. The second-order valence-electron chi connectivity index (χ2n) is 3.27. The molecule has 0 spiro atoms. The molecule has 0 aliphatic carbocycles. The second kappa shape index (κ2) is 3.44. The van der Waals surface area contributed by atoms with Crippen molar-refractivity contribution in [1.82, 2.24) is 0 Å². The number of hydrogen-bond donors (Lipinski definition) is 0. The van der Waals surface area contributed by atoms with Gasteiger partial charge in [-0.2, -0.15) is 0 Å². The maximum Gasteiger partial charge on any atom is 0.138 e. The Bertz CT molecular complexity index is 487. The van der Waals surface area contributed by atoms with Crippen LogP contribution < -0.4 is 4.74 Å². The van der Waals surface area contributed by atoms with Crippen molar-refractivity contribution < 1.29 is 4.74 Å². The van der Waals surface area contributed by atoms with Crippen molar-refractivity contribution in [2.75, 3.05) is 7.11 Å². The van der Waals surface area contributed by atoms with Gasteiger partial charge in [0.2, 0.25) is 0 Å². The van der Waals surface area contributed by atoms with Gasteiger partial charge < -0.3 is 4.74 Å². The monoisotopic (exact) mass is 226 g/mol. The van der Waals surface area contributed by atoms with Gasteiger partial charge in [-0.05, 0) is 25.5 Å². The first kappa shape index (κ1) is 9.81. The van der Waals surface area contributed by atoms with E-state index >= 15 is 0 Å². The first-order valence-corrected chi connectivity index (χ1v) is 5.56. The zero-order valence-electron chi connectivity index (χ0n) is 8.35. The lowest BCUT2D eigenvalue weighted by Gasteiger charge is -2.02. The standard InChI is InChI=1S/C11H11ClOS/c1-6-7(2)14-11-9(6)4-8(12)5-10(11)13-3/h4-5H,1-3H3. The molecule has 1 heterocycles. The molecule has 1 aromatic heterocycles. The highest BCUT2D eigenvalue weighted by atomic mass is 35.5. The molecule has 0 aliphatic heterocycles. The van der Waals surface area contributed by atoms with Crippen LogP contribution >= 0.6 is 22.9 Å². The second-order valence-corrected chi connectivity index (χ2v) is 4.93. The van der Waals surface area contributed by atoms with Gasteiger partial charge in [0.05, 0.1) is 11.8 Å². The fraction of sp³-hybridized carbons (Fsp3) is 0.273. The minimum atomic E-state index is 0.732. The lowest BCUT2D eigenvalue weighted by molar-refractivity contribution is 0.420. The van der Waals surface area contributed by atoms with Gasteiger partial charge in [-0.25, -0.2) is 0 Å². The molecule has 0 saturated heterocycles. The topological polar surface area (TPSA) is 9.23 Å². The van der Waals surface area contributed by atoms with E-state index in [2.05, 4.69) is 13.8 Å². The fourth-order valence-electron chi connectivity index (χ4n) is 1.52. The molecule has 2 aromatic rings. The van der Waals surface area contributed by atoms with E-state index in [1.807, 2.05) is 12.1 Å². The fourth-order valence-corrected chi connectivity index (χ4v) is 2.87. The predicted molar refractivity (Wildman–Crippen MR) is 62.9 cm³/mol. The Morgan fingerprint density at radius 1 is 1.29 bits per heavy atom. The van der Waals surface area contributed by atoms with Gasteiger partial charge >= 0.3 is 0 Å².